The Labute approximate surface area is 73.9 Å². The van der Waals surface area contributed by atoms with Crippen molar-refractivity contribution in [1.82, 2.24) is 4.90 Å². The van der Waals surface area contributed by atoms with Crippen LogP contribution < -0.4 is 0 Å². The average Bonchev–Trinajstić information content (AvgIpc) is 1.83. The van der Waals surface area contributed by atoms with Gasteiger partial charge in [-0.25, -0.2) is 0 Å². The van der Waals surface area contributed by atoms with Crippen molar-refractivity contribution in [2.75, 3.05) is 13.1 Å². The van der Waals surface area contributed by atoms with Crippen molar-refractivity contribution in [3.05, 3.63) is 0 Å². The highest BCUT2D eigenvalue weighted by molar-refractivity contribution is 5.83. The number of carboxylic acid groups (broad SMARTS) is 2. The highest BCUT2D eigenvalue weighted by Crippen LogP contribution is 1.88. The van der Waals surface area contributed by atoms with Crippen LogP contribution >= 0.6 is 0 Å². The van der Waals surface area contributed by atoms with Gasteiger partial charge >= 0.3 is 11.9 Å². The van der Waals surface area contributed by atoms with E-state index < -0.39 is 30.9 Å². The molecule has 0 heterocycles. The molecule has 0 aliphatic rings. The molecule has 0 saturated carbocycles. The second kappa shape index (κ2) is 5.95. The van der Waals surface area contributed by atoms with E-state index >= 15 is 0 Å². The number of hydrogen-bond donors (Lipinski definition) is 2. The topological polar surface area (TPSA) is 126 Å². The summed E-state index contributed by atoms with van der Waals surface area (Å²) in [4.78, 5) is 31.6. The molecule has 0 aromatic heterocycles. The van der Waals surface area contributed by atoms with Crippen molar-refractivity contribution in [1.29, 1.82) is 0 Å². The molecular formula is C6H11NO6. The van der Waals surface area contributed by atoms with E-state index in [1.54, 1.807) is 0 Å². The average molecular weight is 193 g/mol. The summed E-state index contributed by atoms with van der Waals surface area (Å²) in [5, 5.41) is 16.5. The third kappa shape index (κ3) is 6.76. The minimum Gasteiger partial charge on any atom is -0.480 e. The third-order valence-corrected chi connectivity index (χ3v) is 1.10. The van der Waals surface area contributed by atoms with Crippen LogP contribution in [-0.4, -0.2) is 51.5 Å². The predicted molar refractivity (Wildman–Crippen MR) is 41.1 cm³/mol. The predicted octanol–water partition coefficient (Wildman–Crippen LogP) is -1.82. The van der Waals surface area contributed by atoms with Gasteiger partial charge in [0.2, 0.25) is 5.91 Å². The van der Waals surface area contributed by atoms with Gasteiger partial charge in [-0.15, -0.1) is 0 Å². The van der Waals surface area contributed by atoms with Crippen LogP contribution in [0.4, 0.5) is 0 Å². The zero-order chi connectivity index (χ0) is 9.72. The molecule has 0 rings (SSSR count). The molecule has 13 heavy (non-hydrogen) atoms. The van der Waals surface area contributed by atoms with Gasteiger partial charge in [0.05, 0.1) is 0 Å². The molecule has 4 N–H and O–H groups in total. The van der Waals surface area contributed by atoms with Crippen LogP contribution in [-0.2, 0) is 14.4 Å². The summed E-state index contributed by atoms with van der Waals surface area (Å²) < 4.78 is 0. The Morgan fingerprint density at radius 2 is 1.38 bits per heavy atom. The molecule has 0 fully saturated rings. The van der Waals surface area contributed by atoms with Gasteiger partial charge in [-0.05, 0) is 0 Å². The number of amides is 1. The third-order valence-electron chi connectivity index (χ3n) is 1.10. The summed E-state index contributed by atoms with van der Waals surface area (Å²) in [6.45, 7) is -0.0465. The lowest BCUT2D eigenvalue weighted by Crippen LogP contribution is -2.37. The van der Waals surface area contributed by atoms with Gasteiger partial charge in [0.1, 0.15) is 13.1 Å². The molecule has 0 spiro atoms. The van der Waals surface area contributed by atoms with E-state index in [9.17, 15) is 14.4 Å². The Morgan fingerprint density at radius 1 is 1.08 bits per heavy atom. The van der Waals surface area contributed by atoms with Crippen molar-refractivity contribution in [3.8, 4) is 0 Å². The Morgan fingerprint density at radius 3 is 1.54 bits per heavy atom. The SMILES string of the molecule is CC(=O)N(CC(=O)O)CC(=O)O.O. The van der Waals surface area contributed by atoms with Gasteiger partial charge in [0.15, 0.2) is 0 Å². The maximum absolute atomic E-state index is 10.6. The van der Waals surface area contributed by atoms with Crippen molar-refractivity contribution in [3.63, 3.8) is 0 Å². The fourth-order valence-electron chi connectivity index (χ4n) is 0.605. The Hall–Kier alpha value is -1.63. The van der Waals surface area contributed by atoms with Crippen LogP contribution in [0.25, 0.3) is 0 Å². The fourth-order valence-corrected chi connectivity index (χ4v) is 0.605. The summed E-state index contributed by atoms with van der Waals surface area (Å²) in [7, 11) is 0. The van der Waals surface area contributed by atoms with E-state index in [4.69, 9.17) is 10.2 Å². The largest absolute Gasteiger partial charge is 0.480 e. The monoisotopic (exact) mass is 193 g/mol. The second-order valence-corrected chi connectivity index (χ2v) is 2.16. The van der Waals surface area contributed by atoms with Crippen LogP contribution in [0.5, 0.6) is 0 Å². The molecule has 0 atom stereocenters. The number of aliphatic carboxylic acids is 2. The van der Waals surface area contributed by atoms with E-state index in [-0.39, 0.29) is 5.48 Å². The molecule has 0 bridgehead atoms. The molecular weight excluding hydrogens is 182 g/mol. The van der Waals surface area contributed by atoms with E-state index in [1.807, 2.05) is 0 Å². The standard InChI is InChI=1S/C6H9NO5.H2O/c1-4(8)7(2-5(9)10)3-6(11)12;/h2-3H2,1H3,(H,9,10)(H,11,12);1H2. The lowest BCUT2D eigenvalue weighted by molar-refractivity contribution is -0.148. The van der Waals surface area contributed by atoms with Gasteiger partial charge in [-0.1, -0.05) is 0 Å². The molecule has 76 valence electrons. The number of carbonyl (C=O) groups is 3. The molecule has 0 aromatic carbocycles. The fraction of sp³-hybridized carbons (Fsp3) is 0.500. The van der Waals surface area contributed by atoms with Gasteiger partial charge in [0.25, 0.3) is 0 Å². The maximum Gasteiger partial charge on any atom is 0.323 e. The normalized spacial score (nSPS) is 8.38. The number of carboxylic acids is 2. The maximum atomic E-state index is 10.6. The molecule has 1 amide bonds. The van der Waals surface area contributed by atoms with E-state index in [2.05, 4.69) is 0 Å². The first-order valence-electron chi connectivity index (χ1n) is 3.12. The molecule has 0 aromatic rings. The zero-order valence-electron chi connectivity index (χ0n) is 6.98. The lowest BCUT2D eigenvalue weighted by Gasteiger charge is -2.15. The van der Waals surface area contributed by atoms with Crippen LogP contribution in [0.3, 0.4) is 0 Å². The van der Waals surface area contributed by atoms with Crippen LogP contribution in [0.2, 0.25) is 0 Å². The van der Waals surface area contributed by atoms with Crippen molar-refractivity contribution >= 4 is 17.8 Å². The molecule has 0 unspecified atom stereocenters. The van der Waals surface area contributed by atoms with Gasteiger partial charge < -0.3 is 20.6 Å². The number of rotatable bonds is 4. The van der Waals surface area contributed by atoms with Crippen molar-refractivity contribution < 1.29 is 30.1 Å². The highest BCUT2D eigenvalue weighted by Gasteiger charge is 2.15. The first kappa shape index (κ1) is 13.9. The second-order valence-electron chi connectivity index (χ2n) is 2.16. The van der Waals surface area contributed by atoms with Crippen LogP contribution in [0.15, 0.2) is 0 Å². The van der Waals surface area contributed by atoms with E-state index in [0.717, 1.165) is 11.8 Å². The summed E-state index contributed by atoms with van der Waals surface area (Å²) in [5.74, 6) is -3.03. The molecule has 7 nitrogen and oxygen atoms in total. The number of nitrogens with zero attached hydrogens (tertiary/aromatic N) is 1. The summed E-state index contributed by atoms with van der Waals surface area (Å²) in [6.07, 6.45) is 0. The van der Waals surface area contributed by atoms with Gasteiger partial charge in [-0.2, -0.15) is 0 Å². The van der Waals surface area contributed by atoms with Gasteiger partial charge in [-0.3, -0.25) is 14.4 Å². The Bertz CT molecular complexity index is 197. The first-order chi connectivity index (χ1) is 5.43. The molecule has 7 heteroatoms. The molecule has 0 aliphatic heterocycles. The zero-order valence-corrected chi connectivity index (χ0v) is 6.98. The van der Waals surface area contributed by atoms with Crippen LogP contribution in [0, 0.1) is 0 Å². The lowest BCUT2D eigenvalue weighted by atomic mass is 10.4. The van der Waals surface area contributed by atoms with Crippen molar-refractivity contribution in [2.45, 2.75) is 6.92 Å². The quantitative estimate of drug-likeness (QED) is 0.543. The van der Waals surface area contributed by atoms with Crippen molar-refractivity contribution in [2.24, 2.45) is 0 Å². The number of carbonyl (C=O) groups excluding carboxylic acids is 1. The van der Waals surface area contributed by atoms with Crippen LogP contribution in [0.1, 0.15) is 6.92 Å². The molecule has 0 radical (unpaired) electrons. The number of hydrogen-bond acceptors (Lipinski definition) is 3. The summed E-state index contributed by atoms with van der Waals surface area (Å²) in [5.41, 5.74) is 0. The van der Waals surface area contributed by atoms with E-state index in [1.165, 1.54) is 0 Å². The smallest absolute Gasteiger partial charge is 0.323 e. The molecule has 0 aliphatic carbocycles. The minimum atomic E-state index is -1.23. The summed E-state index contributed by atoms with van der Waals surface area (Å²) in [6, 6.07) is 0. The molecule has 0 saturated heterocycles. The first-order valence-corrected chi connectivity index (χ1v) is 3.12. The Balaban J connectivity index is 0. The summed E-state index contributed by atoms with van der Waals surface area (Å²) >= 11 is 0. The highest BCUT2D eigenvalue weighted by atomic mass is 16.4. The van der Waals surface area contributed by atoms with E-state index in [0.29, 0.717) is 0 Å². The van der Waals surface area contributed by atoms with Gasteiger partial charge in [0, 0.05) is 6.92 Å². The Kier molecular flexibility index (Phi) is 6.37. The minimum absolute atomic E-state index is 0.